The minimum atomic E-state index is -3.35. The van der Waals surface area contributed by atoms with E-state index in [9.17, 15) is 13.2 Å². The van der Waals surface area contributed by atoms with Crippen LogP contribution in [-0.2, 0) is 26.0 Å². The molecule has 2 atom stereocenters. The summed E-state index contributed by atoms with van der Waals surface area (Å²) in [5, 5.41) is 0.242. The van der Waals surface area contributed by atoms with Gasteiger partial charge in [-0.05, 0) is 69.6 Å². The monoisotopic (exact) mass is 505 g/mol. The van der Waals surface area contributed by atoms with Crippen LogP contribution in [0.2, 0.25) is 0 Å². The maximum Gasteiger partial charge on any atom is 0.311 e. The van der Waals surface area contributed by atoms with Crippen molar-refractivity contribution >= 4 is 39.0 Å². The molecule has 0 aromatic heterocycles. The number of rotatable bonds is 10. The largest absolute Gasteiger partial charge is 0.465 e. The van der Waals surface area contributed by atoms with Crippen molar-refractivity contribution in [3.05, 3.63) is 65.7 Å². The van der Waals surface area contributed by atoms with Crippen molar-refractivity contribution in [3.63, 3.8) is 0 Å². The number of benzene rings is 2. The molecule has 0 aliphatic rings. The van der Waals surface area contributed by atoms with Crippen LogP contribution in [0.3, 0.4) is 0 Å². The average Bonchev–Trinajstić information content (AvgIpc) is 2.74. The number of carbonyl (C=O) groups excluding carboxylic acids is 1. The van der Waals surface area contributed by atoms with Gasteiger partial charge in [0, 0.05) is 18.2 Å². The molecule has 0 radical (unpaired) electrons. The molecule has 2 aromatic carbocycles. The van der Waals surface area contributed by atoms with E-state index in [-0.39, 0.29) is 29.6 Å². The molecule has 0 spiro atoms. The number of nitrogens with zero attached hydrogens (tertiary/aromatic N) is 1. The first-order chi connectivity index (χ1) is 15.8. The van der Waals surface area contributed by atoms with Crippen molar-refractivity contribution in [2.24, 2.45) is 17.1 Å². The molecule has 0 unspecified atom stereocenters. The summed E-state index contributed by atoms with van der Waals surface area (Å²) in [6, 6.07) is 16.9. The molecule has 9 heteroatoms. The Morgan fingerprint density at radius 1 is 1.12 bits per heavy atom. The molecule has 3 N–H and O–H groups in total. The van der Waals surface area contributed by atoms with E-state index in [1.165, 1.54) is 0 Å². The average molecular weight is 506 g/mol. The normalized spacial score (nSPS) is 13.6. The molecule has 0 fully saturated rings. The fraction of sp³-hybridized carbons (Fsp3) is 0.440. The van der Waals surface area contributed by atoms with Crippen LogP contribution in [0.4, 0.5) is 5.69 Å². The highest BCUT2D eigenvalue weighted by atomic mass is 32.2. The van der Waals surface area contributed by atoms with Gasteiger partial charge in [-0.15, -0.1) is 0 Å². The molecule has 34 heavy (non-hydrogen) atoms. The van der Waals surface area contributed by atoms with E-state index >= 15 is 0 Å². The third-order valence-electron chi connectivity index (χ3n) is 5.33. The van der Waals surface area contributed by atoms with Crippen molar-refractivity contribution in [2.45, 2.75) is 40.2 Å². The molecule has 0 heterocycles. The Morgan fingerprint density at radius 3 is 2.21 bits per heavy atom. The first-order valence-corrected chi connectivity index (χ1v) is 13.4. The molecule has 2 rings (SSSR count). The van der Waals surface area contributed by atoms with Crippen molar-refractivity contribution in [1.29, 1.82) is 0 Å². The molecule has 7 nitrogen and oxygen atoms in total. The Kier molecular flexibility index (Phi) is 9.46. The summed E-state index contributed by atoms with van der Waals surface area (Å²) in [6.45, 7) is 8.20. The summed E-state index contributed by atoms with van der Waals surface area (Å²) in [6.07, 6.45) is 1.80. The molecule has 186 valence electrons. The first-order valence-electron chi connectivity index (χ1n) is 11.1. The van der Waals surface area contributed by atoms with Crippen LogP contribution in [-0.4, -0.2) is 43.8 Å². The summed E-state index contributed by atoms with van der Waals surface area (Å²) < 4.78 is 31.1. The van der Waals surface area contributed by atoms with Gasteiger partial charge in [-0.25, -0.2) is 8.42 Å². The van der Waals surface area contributed by atoms with Gasteiger partial charge in [0.15, 0.2) is 5.11 Å². The number of hydrogen-bond acceptors (Lipinski definition) is 5. The number of anilines is 1. The number of nitrogens with one attached hydrogen (secondary N) is 1. The summed E-state index contributed by atoms with van der Waals surface area (Å²) in [4.78, 5) is 14.3. The molecule has 0 saturated heterocycles. The van der Waals surface area contributed by atoms with E-state index in [2.05, 4.69) is 4.72 Å². The lowest BCUT2D eigenvalue weighted by Gasteiger charge is -2.34. The number of nitrogens with two attached hydrogens (primary N) is 1. The summed E-state index contributed by atoms with van der Waals surface area (Å²) in [7, 11) is -3.35. The topological polar surface area (TPSA) is 102 Å². The predicted octanol–water partition coefficient (Wildman–Crippen LogP) is 4.11. The molecule has 2 aromatic rings. The van der Waals surface area contributed by atoms with Crippen molar-refractivity contribution in [2.75, 3.05) is 24.1 Å². The Bertz CT molecular complexity index is 1070. The van der Waals surface area contributed by atoms with Gasteiger partial charge in [-0.1, -0.05) is 42.5 Å². The van der Waals surface area contributed by atoms with Crippen LogP contribution in [0.25, 0.3) is 0 Å². The van der Waals surface area contributed by atoms with E-state index in [1.807, 2.05) is 75.1 Å². The number of esters is 1. The standard InChI is InChI=1S/C25H35N3O4S2/c1-18(21-11-13-22(14-12-21)27-34(5,30)31)28(24(26)33)16-20(15-19-9-7-6-8-10-19)17-32-23(29)25(2,3)4/h6-14,18,20,27H,15-17H2,1-5H3,(H2,26,33)/t18-,20-/m0/s1. The second-order valence-corrected chi connectivity index (χ2v) is 11.7. The summed E-state index contributed by atoms with van der Waals surface area (Å²) >= 11 is 5.37. The summed E-state index contributed by atoms with van der Waals surface area (Å²) in [5.41, 5.74) is 8.07. The lowest BCUT2D eigenvalue weighted by Crippen LogP contribution is -2.42. The van der Waals surface area contributed by atoms with Crippen molar-refractivity contribution in [3.8, 4) is 0 Å². The van der Waals surface area contributed by atoms with Crippen molar-refractivity contribution in [1.82, 2.24) is 4.90 Å². The molecule has 0 aliphatic carbocycles. The molecule has 0 bridgehead atoms. The first kappa shape index (κ1) is 27.6. The Balaban J connectivity index is 2.21. The van der Waals surface area contributed by atoms with Crippen LogP contribution in [0.1, 0.15) is 44.9 Å². The van der Waals surface area contributed by atoms with Crippen LogP contribution < -0.4 is 10.5 Å². The lowest BCUT2D eigenvalue weighted by molar-refractivity contribution is -0.154. The molecule has 0 aliphatic heterocycles. The van der Waals surface area contributed by atoms with E-state index < -0.39 is 15.4 Å². The van der Waals surface area contributed by atoms with E-state index in [4.69, 9.17) is 22.7 Å². The highest BCUT2D eigenvalue weighted by Gasteiger charge is 2.27. The zero-order chi connectivity index (χ0) is 25.5. The Hall–Kier alpha value is -2.65. The summed E-state index contributed by atoms with van der Waals surface area (Å²) in [5.74, 6) is -0.293. The van der Waals surface area contributed by atoms with Gasteiger partial charge in [0.2, 0.25) is 10.0 Å². The van der Waals surface area contributed by atoms with Gasteiger partial charge < -0.3 is 15.4 Å². The minimum Gasteiger partial charge on any atom is -0.465 e. The number of ether oxygens (including phenoxy) is 1. The van der Waals surface area contributed by atoms with Crippen LogP contribution in [0, 0.1) is 11.3 Å². The van der Waals surface area contributed by atoms with Gasteiger partial charge in [0.25, 0.3) is 0 Å². The molecule has 0 amide bonds. The van der Waals surface area contributed by atoms with Crippen LogP contribution >= 0.6 is 12.2 Å². The van der Waals surface area contributed by atoms with Gasteiger partial charge in [-0.3, -0.25) is 9.52 Å². The predicted molar refractivity (Wildman–Crippen MR) is 141 cm³/mol. The van der Waals surface area contributed by atoms with Gasteiger partial charge in [-0.2, -0.15) is 0 Å². The van der Waals surface area contributed by atoms with Gasteiger partial charge >= 0.3 is 5.97 Å². The number of sulfonamides is 1. The van der Waals surface area contributed by atoms with E-state index in [1.54, 1.807) is 12.1 Å². The zero-order valence-corrected chi connectivity index (χ0v) is 22.1. The fourth-order valence-corrected chi connectivity index (χ4v) is 4.27. The number of hydrogen-bond donors (Lipinski definition) is 2. The highest BCUT2D eigenvalue weighted by Crippen LogP contribution is 2.25. The SMILES string of the molecule is C[C@@H](c1ccc(NS(C)(=O)=O)cc1)N(C[C@@H](COC(=O)C(C)(C)C)Cc1ccccc1)C(N)=S. The minimum absolute atomic E-state index is 0.0381. The molecule has 0 saturated carbocycles. The zero-order valence-electron chi connectivity index (χ0n) is 20.4. The Morgan fingerprint density at radius 2 is 1.71 bits per heavy atom. The smallest absolute Gasteiger partial charge is 0.311 e. The lowest BCUT2D eigenvalue weighted by atomic mass is 9.96. The van der Waals surface area contributed by atoms with Gasteiger partial charge in [0.05, 0.1) is 24.3 Å². The number of carbonyl (C=O) groups is 1. The van der Waals surface area contributed by atoms with Crippen LogP contribution in [0.15, 0.2) is 54.6 Å². The quantitative estimate of drug-likeness (QED) is 0.370. The van der Waals surface area contributed by atoms with E-state index in [0.29, 0.717) is 18.7 Å². The van der Waals surface area contributed by atoms with Crippen molar-refractivity contribution < 1.29 is 17.9 Å². The second-order valence-electron chi connectivity index (χ2n) is 9.57. The maximum absolute atomic E-state index is 12.4. The molecular weight excluding hydrogens is 470 g/mol. The Labute approximate surface area is 208 Å². The maximum atomic E-state index is 12.4. The van der Waals surface area contributed by atoms with Gasteiger partial charge in [0.1, 0.15) is 0 Å². The fourth-order valence-electron chi connectivity index (χ4n) is 3.47. The van der Waals surface area contributed by atoms with E-state index in [0.717, 1.165) is 17.4 Å². The molecular formula is C25H35N3O4S2. The second kappa shape index (κ2) is 11.7. The third-order valence-corrected chi connectivity index (χ3v) is 6.17. The van der Waals surface area contributed by atoms with Crippen LogP contribution in [0.5, 0.6) is 0 Å². The third kappa shape index (κ3) is 8.95. The highest BCUT2D eigenvalue weighted by molar-refractivity contribution is 7.92. The number of thiocarbonyl (C=S) groups is 1.